The molecule has 0 bridgehead atoms. The van der Waals surface area contributed by atoms with Crippen LogP contribution in [0.15, 0.2) is 60.7 Å². The van der Waals surface area contributed by atoms with E-state index in [2.05, 4.69) is 15.1 Å². The molecule has 5 heteroatoms. The Bertz CT molecular complexity index is 676. The molecule has 1 N–H and O–H groups in total. The molecule has 1 aliphatic rings. The van der Waals surface area contributed by atoms with Gasteiger partial charge in [0, 0.05) is 26.2 Å². The number of amides is 1. The zero-order chi connectivity index (χ0) is 19.8. The van der Waals surface area contributed by atoms with Gasteiger partial charge in [-0.25, -0.2) is 0 Å². The first kappa shape index (κ1) is 20.5. The highest BCUT2D eigenvalue weighted by atomic mass is 16.5. The molecule has 0 aliphatic carbocycles. The van der Waals surface area contributed by atoms with Crippen LogP contribution in [0.4, 0.5) is 0 Å². The summed E-state index contributed by atoms with van der Waals surface area (Å²) < 4.78 is 5.46. The Morgan fingerprint density at radius 1 is 1.00 bits per heavy atom. The van der Waals surface area contributed by atoms with Crippen molar-refractivity contribution in [2.24, 2.45) is 0 Å². The molecule has 1 unspecified atom stereocenters. The molecule has 1 fully saturated rings. The number of carbonyl (C=O) groups excluding carboxylic acids is 1. The summed E-state index contributed by atoms with van der Waals surface area (Å²) in [6, 6.07) is 20.1. The number of benzene rings is 2. The monoisotopic (exact) mass is 381 g/mol. The molecule has 1 aliphatic heterocycles. The van der Waals surface area contributed by atoms with Crippen LogP contribution in [-0.4, -0.2) is 75.2 Å². The third kappa shape index (κ3) is 5.89. The normalized spacial score (nSPS) is 16.3. The number of hydrogen-bond acceptors (Lipinski definition) is 4. The number of ether oxygens (including phenoxy) is 1. The summed E-state index contributed by atoms with van der Waals surface area (Å²) in [4.78, 5) is 17.9. The Morgan fingerprint density at radius 3 is 2.04 bits per heavy atom. The molecule has 1 amide bonds. The van der Waals surface area contributed by atoms with Crippen LogP contribution in [0.5, 0.6) is 0 Å². The molecule has 3 rings (SSSR count). The molecule has 28 heavy (non-hydrogen) atoms. The van der Waals surface area contributed by atoms with Gasteiger partial charge in [0.15, 0.2) is 0 Å². The van der Waals surface area contributed by atoms with E-state index >= 15 is 0 Å². The fourth-order valence-electron chi connectivity index (χ4n) is 3.76. The largest absolute Gasteiger partial charge is 0.379 e. The van der Waals surface area contributed by atoms with Gasteiger partial charge in [-0.3, -0.25) is 9.69 Å². The van der Waals surface area contributed by atoms with Crippen LogP contribution < -0.4 is 5.32 Å². The highest BCUT2D eigenvalue weighted by molar-refractivity contribution is 5.87. The lowest BCUT2D eigenvalue weighted by Gasteiger charge is -2.33. The van der Waals surface area contributed by atoms with E-state index in [-0.39, 0.29) is 17.9 Å². The van der Waals surface area contributed by atoms with Gasteiger partial charge in [0.25, 0.3) is 0 Å². The molecule has 150 valence electrons. The minimum Gasteiger partial charge on any atom is -0.379 e. The zero-order valence-electron chi connectivity index (χ0n) is 16.9. The van der Waals surface area contributed by atoms with Crippen molar-refractivity contribution in [3.8, 4) is 0 Å². The Hall–Kier alpha value is -2.21. The lowest BCUT2D eigenvalue weighted by atomic mass is 9.90. The summed E-state index contributed by atoms with van der Waals surface area (Å²) in [6.07, 6.45) is 0. The highest BCUT2D eigenvalue weighted by Crippen LogP contribution is 2.25. The number of hydrogen-bond donors (Lipinski definition) is 1. The zero-order valence-corrected chi connectivity index (χ0v) is 16.9. The lowest BCUT2D eigenvalue weighted by Crippen LogP contribution is -2.52. The van der Waals surface area contributed by atoms with Crippen molar-refractivity contribution >= 4 is 5.91 Å². The third-order valence-corrected chi connectivity index (χ3v) is 5.04. The van der Waals surface area contributed by atoms with Crippen LogP contribution in [0.25, 0.3) is 0 Å². The van der Waals surface area contributed by atoms with Gasteiger partial charge in [-0.15, -0.1) is 0 Å². The topological polar surface area (TPSA) is 44.8 Å². The maximum Gasteiger partial charge on any atom is 0.232 e. The standard InChI is InChI=1S/C23H31N3O2/c1-25(2)17-21(18-26-13-15-28-16-14-26)24-23(27)22(19-9-5-3-6-10-19)20-11-7-4-8-12-20/h3-12,21-22H,13-18H2,1-2H3,(H,24,27). The average Bonchev–Trinajstić information content (AvgIpc) is 2.70. The van der Waals surface area contributed by atoms with Gasteiger partial charge in [0.05, 0.1) is 25.2 Å². The summed E-state index contributed by atoms with van der Waals surface area (Å²) in [5, 5.41) is 3.33. The van der Waals surface area contributed by atoms with E-state index in [1.54, 1.807) is 0 Å². The smallest absolute Gasteiger partial charge is 0.232 e. The van der Waals surface area contributed by atoms with Gasteiger partial charge in [-0.2, -0.15) is 0 Å². The van der Waals surface area contributed by atoms with Crippen molar-refractivity contribution in [2.45, 2.75) is 12.0 Å². The van der Waals surface area contributed by atoms with Gasteiger partial charge < -0.3 is 15.0 Å². The van der Waals surface area contributed by atoms with Crippen molar-refractivity contribution in [2.75, 3.05) is 53.5 Å². The molecule has 0 saturated carbocycles. The van der Waals surface area contributed by atoms with E-state index in [4.69, 9.17) is 4.74 Å². The Labute approximate surface area is 168 Å². The van der Waals surface area contributed by atoms with E-state index in [1.165, 1.54) is 0 Å². The number of carbonyl (C=O) groups is 1. The Balaban J connectivity index is 1.77. The second-order valence-electron chi connectivity index (χ2n) is 7.64. The van der Waals surface area contributed by atoms with Crippen LogP contribution in [0.2, 0.25) is 0 Å². The molecule has 0 radical (unpaired) electrons. The third-order valence-electron chi connectivity index (χ3n) is 5.04. The van der Waals surface area contributed by atoms with Crippen LogP contribution in [0.1, 0.15) is 17.0 Å². The minimum absolute atomic E-state index is 0.0532. The summed E-state index contributed by atoms with van der Waals surface area (Å²) in [6.45, 7) is 5.00. The summed E-state index contributed by atoms with van der Waals surface area (Å²) >= 11 is 0. The minimum atomic E-state index is -0.309. The molecule has 1 atom stereocenters. The molecular formula is C23H31N3O2. The van der Waals surface area contributed by atoms with E-state index in [0.717, 1.165) is 50.5 Å². The van der Waals surface area contributed by atoms with Crippen molar-refractivity contribution in [3.63, 3.8) is 0 Å². The van der Waals surface area contributed by atoms with Crippen LogP contribution in [-0.2, 0) is 9.53 Å². The average molecular weight is 382 g/mol. The number of morpholine rings is 1. The van der Waals surface area contributed by atoms with Gasteiger partial charge in [0.2, 0.25) is 5.91 Å². The van der Waals surface area contributed by atoms with E-state index in [0.29, 0.717) is 0 Å². The van der Waals surface area contributed by atoms with Gasteiger partial charge in [-0.1, -0.05) is 60.7 Å². The van der Waals surface area contributed by atoms with Gasteiger partial charge >= 0.3 is 0 Å². The van der Waals surface area contributed by atoms with Crippen molar-refractivity contribution < 1.29 is 9.53 Å². The number of rotatable bonds is 8. The summed E-state index contributed by atoms with van der Waals surface area (Å²) in [7, 11) is 4.09. The molecule has 5 nitrogen and oxygen atoms in total. The maximum absolute atomic E-state index is 13.4. The number of likely N-dealkylation sites (N-methyl/N-ethyl adjacent to an activating group) is 1. The lowest BCUT2D eigenvalue weighted by molar-refractivity contribution is -0.122. The first-order chi connectivity index (χ1) is 13.6. The van der Waals surface area contributed by atoms with Gasteiger partial charge in [0.1, 0.15) is 0 Å². The van der Waals surface area contributed by atoms with E-state index in [1.807, 2.05) is 74.8 Å². The SMILES string of the molecule is CN(C)CC(CN1CCOCC1)NC(=O)C(c1ccccc1)c1ccccc1. The molecular weight excluding hydrogens is 350 g/mol. The molecule has 1 heterocycles. The van der Waals surface area contributed by atoms with E-state index < -0.39 is 0 Å². The molecule has 0 aromatic heterocycles. The first-order valence-corrected chi connectivity index (χ1v) is 9.98. The van der Waals surface area contributed by atoms with Gasteiger partial charge in [-0.05, 0) is 25.2 Å². The number of nitrogens with zero attached hydrogens (tertiary/aromatic N) is 2. The Kier molecular flexibility index (Phi) is 7.60. The highest BCUT2D eigenvalue weighted by Gasteiger charge is 2.26. The fourth-order valence-corrected chi connectivity index (χ4v) is 3.76. The summed E-state index contributed by atoms with van der Waals surface area (Å²) in [5.74, 6) is -0.255. The van der Waals surface area contributed by atoms with Crippen molar-refractivity contribution in [1.29, 1.82) is 0 Å². The predicted octanol–water partition coefficient (Wildman–Crippen LogP) is 2.20. The second kappa shape index (κ2) is 10.4. The molecule has 1 saturated heterocycles. The first-order valence-electron chi connectivity index (χ1n) is 9.98. The maximum atomic E-state index is 13.4. The van der Waals surface area contributed by atoms with E-state index in [9.17, 15) is 4.79 Å². The second-order valence-corrected chi connectivity index (χ2v) is 7.64. The van der Waals surface area contributed by atoms with Crippen molar-refractivity contribution in [1.82, 2.24) is 15.1 Å². The van der Waals surface area contributed by atoms with Crippen LogP contribution in [0, 0.1) is 0 Å². The molecule has 0 spiro atoms. The Morgan fingerprint density at radius 2 is 1.54 bits per heavy atom. The fraction of sp³-hybridized carbons (Fsp3) is 0.435. The van der Waals surface area contributed by atoms with Crippen molar-refractivity contribution in [3.05, 3.63) is 71.8 Å². The molecule has 2 aromatic carbocycles. The quantitative estimate of drug-likeness (QED) is 0.761. The van der Waals surface area contributed by atoms with Crippen LogP contribution >= 0.6 is 0 Å². The number of nitrogens with one attached hydrogen (secondary N) is 1. The van der Waals surface area contributed by atoms with Crippen LogP contribution in [0.3, 0.4) is 0 Å². The predicted molar refractivity (Wildman–Crippen MR) is 112 cm³/mol. The summed E-state index contributed by atoms with van der Waals surface area (Å²) in [5.41, 5.74) is 2.03. The molecule has 2 aromatic rings.